The maximum atomic E-state index is 13.0. The third-order valence-electron chi connectivity index (χ3n) is 6.02. The standard InChI is InChI=1S/C24H28N4O7/c1-24(26,22(30)34-15-16-7-3-2-4-8-16)21(29)27-13-11-17(12-14-27)20(35-23(25)31)18-9-5-6-10-19(18)28(32)33/h2-10,17,20H,11-15,26H2,1H3,(H2,25,31). The number of nitrogens with zero attached hydrogens (tertiary/aromatic N) is 2. The fourth-order valence-electron chi connectivity index (χ4n) is 4.13. The summed E-state index contributed by atoms with van der Waals surface area (Å²) in [6, 6.07) is 15.0. The number of rotatable bonds is 8. The Morgan fingerprint density at radius 1 is 1.11 bits per heavy atom. The van der Waals surface area contributed by atoms with Gasteiger partial charge in [0.2, 0.25) is 0 Å². The number of hydrogen-bond donors (Lipinski definition) is 2. The van der Waals surface area contributed by atoms with Crippen LogP contribution < -0.4 is 11.5 Å². The first-order chi connectivity index (χ1) is 16.6. The van der Waals surface area contributed by atoms with Crippen LogP contribution in [-0.2, 0) is 25.7 Å². The molecule has 1 aliphatic rings. The highest BCUT2D eigenvalue weighted by Crippen LogP contribution is 2.38. The lowest BCUT2D eigenvalue weighted by Crippen LogP contribution is -2.60. The largest absolute Gasteiger partial charge is 0.459 e. The molecule has 0 aliphatic carbocycles. The van der Waals surface area contributed by atoms with Gasteiger partial charge in [-0.3, -0.25) is 14.9 Å². The average molecular weight is 485 g/mol. The predicted octanol–water partition coefficient (Wildman–Crippen LogP) is 2.43. The SMILES string of the molecule is CC(N)(C(=O)OCc1ccccc1)C(=O)N1CCC(C(OC(N)=O)c2ccccc2[N+](=O)[O-])CC1. The quantitative estimate of drug-likeness (QED) is 0.249. The maximum absolute atomic E-state index is 13.0. The number of para-hydroxylation sites is 1. The van der Waals surface area contributed by atoms with Crippen LogP contribution >= 0.6 is 0 Å². The van der Waals surface area contributed by atoms with E-state index in [-0.39, 0.29) is 36.9 Å². The summed E-state index contributed by atoms with van der Waals surface area (Å²) in [6.07, 6.45) is -1.30. The minimum Gasteiger partial charge on any atom is -0.459 e. The Bertz CT molecular complexity index is 1080. The normalized spacial score (nSPS) is 16.6. The second-order valence-electron chi connectivity index (χ2n) is 8.57. The van der Waals surface area contributed by atoms with Gasteiger partial charge >= 0.3 is 12.1 Å². The lowest BCUT2D eigenvalue weighted by atomic mass is 9.86. The minimum absolute atomic E-state index is 0.0101. The molecular weight excluding hydrogens is 456 g/mol. The van der Waals surface area contributed by atoms with Crippen molar-refractivity contribution in [2.45, 2.75) is 38.0 Å². The number of ether oxygens (including phenoxy) is 2. The zero-order valence-corrected chi connectivity index (χ0v) is 19.3. The molecule has 2 aromatic rings. The van der Waals surface area contributed by atoms with Crippen LogP contribution in [0.1, 0.15) is 37.0 Å². The van der Waals surface area contributed by atoms with Gasteiger partial charge in [-0.15, -0.1) is 0 Å². The molecule has 2 aromatic carbocycles. The Kier molecular flexibility index (Phi) is 8.02. The monoisotopic (exact) mass is 484 g/mol. The van der Waals surface area contributed by atoms with Gasteiger partial charge in [0.25, 0.3) is 11.6 Å². The second-order valence-corrected chi connectivity index (χ2v) is 8.57. The number of primary amides is 1. The summed E-state index contributed by atoms with van der Waals surface area (Å²) in [5.74, 6) is -1.77. The highest BCUT2D eigenvalue weighted by Gasteiger charge is 2.43. The van der Waals surface area contributed by atoms with E-state index in [4.69, 9.17) is 20.9 Å². The van der Waals surface area contributed by atoms with E-state index in [1.807, 2.05) is 6.07 Å². The number of piperidine rings is 1. The van der Waals surface area contributed by atoms with Crippen molar-refractivity contribution in [3.63, 3.8) is 0 Å². The third kappa shape index (κ3) is 6.12. The summed E-state index contributed by atoms with van der Waals surface area (Å²) in [6.45, 7) is 1.72. The summed E-state index contributed by atoms with van der Waals surface area (Å²) in [5.41, 5.74) is 10.2. The number of likely N-dealkylation sites (tertiary alicyclic amines) is 1. The van der Waals surface area contributed by atoms with Gasteiger partial charge in [-0.05, 0) is 31.4 Å². The van der Waals surface area contributed by atoms with Crippen LogP contribution in [0.4, 0.5) is 10.5 Å². The van der Waals surface area contributed by atoms with Crippen molar-refractivity contribution in [1.29, 1.82) is 0 Å². The molecule has 186 valence electrons. The van der Waals surface area contributed by atoms with Gasteiger partial charge in [0.05, 0.1) is 10.5 Å². The zero-order chi connectivity index (χ0) is 25.6. The highest BCUT2D eigenvalue weighted by atomic mass is 16.6. The molecule has 0 spiro atoms. The molecule has 2 amide bonds. The zero-order valence-electron chi connectivity index (χ0n) is 19.3. The van der Waals surface area contributed by atoms with Crippen LogP contribution in [0.2, 0.25) is 0 Å². The van der Waals surface area contributed by atoms with Gasteiger partial charge in [-0.25, -0.2) is 9.59 Å². The fourth-order valence-corrected chi connectivity index (χ4v) is 4.13. The molecule has 1 saturated heterocycles. The van der Waals surface area contributed by atoms with E-state index in [1.54, 1.807) is 30.3 Å². The molecule has 11 nitrogen and oxygen atoms in total. The number of esters is 1. The Hall–Kier alpha value is -3.99. The number of nitrogens with two attached hydrogens (primary N) is 2. The van der Waals surface area contributed by atoms with Crippen molar-refractivity contribution < 1.29 is 28.8 Å². The van der Waals surface area contributed by atoms with Crippen molar-refractivity contribution >= 4 is 23.7 Å². The highest BCUT2D eigenvalue weighted by molar-refractivity contribution is 6.06. The first-order valence-electron chi connectivity index (χ1n) is 11.1. The molecule has 1 aliphatic heterocycles. The molecule has 0 bridgehead atoms. The average Bonchev–Trinajstić information content (AvgIpc) is 2.86. The Morgan fingerprint density at radius 3 is 2.31 bits per heavy atom. The number of amides is 2. The van der Waals surface area contributed by atoms with Gasteiger partial charge in [-0.1, -0.05) is 42.5 Å². The van der Waals surface area contributed by atoms with E-state index in [9.17, 15) is 24.5 Å². The van der Waals surface area contributed by atoms with E-state index >= 15 is 0 Å². The minimum atomic E-state index is -1.89. The molecule has 0 radical (unpaired) electrons. The van der Waals surface area contributed by atoms with Crippen molar-refractivity contribution in [2.24, 2.45) is 17.4 Å². The van der Waals surface area contributed by atoms with Crippen molar-refractivity contribution in [2.75, 3.05) is 13.1 Å². The Balaban J connectivity index is 1.66. The molecule has 11 heteroatoms. The van der Waals surface area contributed by atoms with Crippen LogP contribution in [0.3, 0.4) is 0 Å². The predicted molar refractivity (Wildman–Crippen MR) is 125 cm³/mol. The van der Waals surface area contributed by atoms with Gasteiger partial charge in [0, 0.05) is 25.1 Å². The summed E-state index contributed by atoms with van der Waals surface area (Å²) >= 11 is 0. The van der Waals surface area contributed by atoms with Crippen molar-refractivity contribution in [1.82, 2.24) is 4.90 Å². The van der Waals surface area contributed by atoms with Crippen LogP contribution in [-0.4, -0.2) is 46.4 Å². The number of nitro groups is 1. The first kappa shape index (κ1) is 25.6. The lowest BCUT2D eigenvalue weighted by molar-refractivity contribution is -0.386. The second kappa shape index (κ2) is 11.0. The maximum Gasteiger partial charge on any atom is 0.405 e. The van der Waals surface area contributed by atoms with Crippen LogP contribution in [0.25, 0.3) is 0 Å². The summed E-state index contributed by atoms with van der Waals surface area (Å²) < 4.78 is 10.5. The summed E-state index contributed by atoms with van der Waals surface area (Å²) in [4.78, 5) is 49.5. The smallest absolute Gasteiger partial charge is 0.405 e. The van der Waals surface area contributed by atoms with Crippen molar-refractivity contribution in [3.05, 3.63) is 75.8 Å². The molecule has 1 heterocycles. The molecular formula is C24H28N4O7. The van der Waals surface area contributed by atoms with Gasteiger partial charge in [0.15, 0.2) is 5.54 Å². The molecule has 35 heavy (non-hydrogen) atoms. The van der Waals surface area contributed by atoms with E-state index < -0.39 is 34.5 Å². The molecule has 0 aromatic heterocycles. The first-order valence-corrected chi connectivity index (χ1v) is 11.1. The lowest BCUT2D eigenvalue weighted by Gasteiger charge is -2.38. The van der Waals surface area contributed by atoms with Crippen LogP contribution in [0.5, 0.6) is 0 Å². The molecule has 1 fully saturated rings. The number of nitro benzene ring substituents is 1. The van der Waals surface area contributed by atoms with E-state index in [2.05, 4.69) is 0 Å². The summed E-state index contributed by atoms with van der Waals surface area (Å²) in [7, 11) is 0. The third-order valence-corrected chi connectivity index (χ3v) is 6.02. The van der Waals surface area contributed by atoms with E-state index in [1.165, 1.54) is 30.0 Å². The van der Waals surface area contributed by atoms with E-state index in [0.29, 0.717) is 12.8 Å². The molecule has 0 saturated carbocycles. The van der Waals surface area contributed by atoms with E-state index in [0.717, 1.165) is 5.56 Å². The molecule has 2 unspecified atom stereocenters. The van der Waals surface area contributed by atoms with Gasteiger partial charge < -0.3 is 25.8 Å². The van der Waals surface area contributed by atoms with Crippen molar-refractivity contribution in [3.8, 4) is 0 Å². The number of carbonyl (C=O) groups is 3. The number of benzene rings is 2. The Morgan fingerprint density at radius 2 is 1.71 bits per heavy atom. The molecule has 2 atom stereocenters. The Labute approximate surface area is 202 Å². The number of hydrogen-bond acceptors (Lipinski definition) is 8. The number of carbonyl (C=O) groups excluding carboxylic acids is 3. The van der Waals surface area contributed by atoms with Gasteiger partial charge in [0.1, 0.15) is 12.7 Å². The molecule has 3 rings (SSSR count). The topological polar surface area (TPSA) is 168 Å². The molecule has 4 N–H and O–H groups in total. The summed E-state index contributed by atoms with van der Waals surface area (Å²) in [5, 5.41) is 11.5. The van der Waals surface area contributed by atoms with Crippen LogP contribution in [0, 0.1) is 16.0 Å². The van der Waals surface area contributed by atoms with Crippen LogP contribution in [0.15, 0.2) is 54.6 Å². The van der Waals surface area contributed by atoms with Gasteiger partial charge in [-0.2, -0.15) is 0 Å². The fraction of sp³-hybridized carbons (Fsp3) is 0.375.